The van der Waals surface area contributed by atoms with E-state index >= 15 is 0 Å². The topological polar surface area (TPSA) is 113 Å². The Morgan fingerprint density at radius 2 is 1.50 bits per heavy atom. The maximum Gasteiger partial charge on any atom is 0.308 e. The van der Waals surface area contributed by atoms with Crippen molar-refractivity contribution in [1.29, 1.82) is 0 Å². The Labute approximate surface area is 231 Å². The van der Waals surface area contributed by atoms with Crippen molar-refractivity contribution in [2.24, 2.45) is 0 Å². The number of carbonyl (C=O) groups excluding carboxylic acids is 5. The van der Waals surface area contributed by atoms with Crippen LogP contribution < -0.4 is 10.1 Å². The molecule has 5 rings (SSSR count). The predicted octanol–water partition coefficient (Wildman–Crippen LogP) is 3.24. The van der Waals surface area contributed by atoms with Crippen molar-refractivity contribution in [2.75, 3.05) is 13.1 Å². The Morgan fingerprint density at radius 3 is 2.12 bits per heavy atom. The van der Waals surface area contributed by atoms with Gasteiger partial charge in [0.25, 0.3) is 17.7 Å². The summed E-state index contributed by atoms with van der Waals surface area (Å²) in [7, 11) is 0. The number of rotatable bonds is 7. The minimum atomic E-state index is -1.02. The summed E-state index contributed by atoms with van der Waals surface area (Å²) in [4.78, 5) is 67.1. The summed E-state index contributed by atoms with van der Waals surface area (Å²) >= 11 is 0. The number of nitrogens with one attached hydrogen (secondary N) is 1. The fourth-order valence-electron chi connectivity index (χ4n) is 5.19. The lowest BCUT2D eigenvalue weighted by molar-refractivity contribution is -0.132. The number of likely N-dealkylation sites (tertiary alicyclic amines) is 1. The number of nitrogens with zero attached hydrogens (tertiary/aromatic N) is 2. The Hall–Kier alpha value is -4.79. The zero-order valence-electron chi connectivity index (χ0n) is 22.0. The number of piperidine rings is 1. The number of fused-ring (bicyclic) bond motifs is 1. The van der Waals surface area contributed by atoms with E-state index in [9.17, 15) is 24.0 Å². The first kappa shape index (κ1) is 26.8. The fraction of sp³-hybridized carbons (Fsp3) is 0.258. The van der Waals surface area contributed by atoms with E-state index in [1.807, 2.05) is 30.3 Å². The average Bonchev–Trinajstić information content (AvgIpc) is 3.21. The van der Waals surface area contributed by atoms with Gasteiger partial charge in [-0.3, -0.25) is 28.9 Å². The van der Waals surface area contributed by atoms with Gasteiger partial charge >= 0.3 is 5.97 Å². The van der Waals surface area contributed by atoms with Gasteiger partial charge < -0.3 is 15.0 Å². The Kier molecular flexibility index (Phi) is 7.72. The molecular weight excluding hydrogens is 510 g/mol. The molecule has 1 N–H and O–H groups in total. The van der Waals surface area contributed by atoms with Crippen LogP contribution in [0.4, 0.5) is 0 Å². The molecule has 1 saturated heterocycles. The van der Waals surface area contributed by atoms with E-state index in [2.05, 4.69) is 5.32 Å². The lowest BCUT2D eigenvalue weighted by Gasteiger charge is -2.34. The Bertz CT molecular complexity index is 1430. The minimum absolute atomic E-state index is 0.188. The molecule has 1 atom stereocenters. The lowest BCUT2D eigenvalue weighted by Crippen LogP contribution is -2.54. The summed E-state index contributed by atoms with van der Waals surface area (Å²) < 4.78 is 5.09. The number of ether oxygens (including phenoxy) is 1. The molecule has 1 unspecified atom stereocenters. The summed E-state index contributed by atoms with van der Waals surface area (Å²) in [5.41, 5.74) is 1.83. The number of hydrogen-bond acceptors (Lipinski definition) is 6. The van der Waals surface area contributed by atoms with E-state index in [4.69, 9.17) is 4.74 Å². The smallest absolute Gasteiger partial charge is 0.308 e. The largest absolute Gasteiger partial charge is 0.427 e. The van der Waals surface area contributed by atoms with Gasteiger partial charge in [0.15, 0.2) is 0 Å². The van der Waals surface area contributed by atoms with Crippen LogP contribution in [0.5, 0.6) is 5.75 Å². The third-order valence-corrected chi connectivity index (χ3v) is 7.18. The lowest BCUT2D eigenvalue weighted by atomic mass is 10.0. The number of benzene rings is 3. The van der Waals surface area contributed by atoms with Crippen LogP contribution in [0.1, 0.15) is 56.4 Å². The highest BCUT2D eigenvalue weighted by Crippen LogP contribution is 2.26. The maximum absolute atomic E-state index is 13.6. The first-order valence-electron chi connectivity index (χ1n) is 13.2. The summed E-state index contributed by atoms with van der Waals surface area (Å²) in [5, 5.41) is 3.03. The highest BCUT2D eigenvalue weighted by Gasteiger charge is 2.43. The van der Waals surface area contributed by atoms with Crippen molar-refractivity contribution in [3.63, 3.8) is 0 Å². The van der Waals surface area contributed by atoms with Gasteiger partial charge in [0.2, 0.25) is 5.91 Å². The number of imide groups is 1. The molecule has 0 radical (unpaired) electrons. The molecule has 3 aromatic carbocycles. The SMILES string of the molecule is CC(=O)Oc1cccc(C(=O)N2CCC(NC(=O)C(Cc3ccccc3)N3C(=O)c4ccccc4C3=O)CC2)c1. The molecule has 40 heavy (non-hydrogen) atoms. The fourth-order valence-corrected chi connectivity index (χ4v) is 5.19. The zero-order chi connectivity index (χ0) is 28.2. The van der Waals surface area contributed by atoms with Gasteiger partial charge in [-0.2, -0.15) is 0 Å². The van der Waals surface area contributed by atoms with Gasteiger partial charge in [0.1, 0.15) is 11.8 Å². The second kappa shape index (κ2) is 11.5. The molecule has 4 amide bonds. The van der Waals surface area contributed by atoms with E-state index in [0.29, 0.717) is 48.4 Å². The van der Waals surface area contributed by atoms with Crippen LogP contribution in [0.3, 0.4) is 0 Å². The highest BCUT2D eigenvalue weighted by molar-refractivity contribution is 6.22. The van der Waals surface area contributed by atoms with E-state index < -0.39 is 29.7 Å². The molecule has 2 aliphatic rings. The Balaban J connectivity index is 1.26. The van der Waals surface area contributed by atoms with Gasteiger partial charge in [-0.25, -0.2) is 0 Å². The average molecular weight is 540 g/mol. The van der Waals surface area contributed by atoms with Crippen LogP contribution >= 0.6 is 0 Å². The first-order valence-corrected chi connectivity index (χ1v) is 13.2. The van der Waals surface area contributed by atoms with Crippen LogP contribution in [0.2, 0.25) is 0 Å². The number of hydrogen-bond donors (Lipinski definition) is 1. The Morgan fingerprint density at radius 1 is 0.875 bits per heavy atom. The number of carbonyl (C=O) groups is 5. The molecule has 0 saturated carbocycles. The van der Waals surface area contributed by atoms with Crippen LogP contribution in [0.15, 0.2) is 78.9 Å². The van der Waals surface area contributed by atoms with Gasteiger partial charge in [0.05, 0.1) is 11.1 Å². The predicted molar refractivity (Wildman–Crippen MR) is 146 cm³/mol. The summed E-state index contributed by atoms with van der Waals surface area (Å²) in [5.74, 6) is -1.71. The third-order valence-electron chi connectivity index (χ3n) is 7.18. The minimum Gasteiger partial charge on any atom is -0.427 e. The molecule has 204 valence electrons. The molecule has 9 nitrogen and oxygen atoms in total. The summed E-state index contributed by atoms with van der Waals surface area (Å²) in [6.07, 6.45) is 1.22. The first-order chi connectivity index (χ1) is 19.3. The van der Waals surface area contributed by atoms with Gasteiger partial charge in [0, 0.05) is 38.0 Å². The highest BCUT2D eigenvalue weighted by atomic mass is 16.5. The van der Waals surface area contributed by atoms with E-state index in [1.165, 1.54) is 13.0 Å². The van der Waals surface area contributed by atoms with Crippen LogP contribution in [0.25, 0.3) is 0 Å². The molecule has 0 aliphatic carbocycles. The monoisotopic (exact) mass is 539 g/mol. The standard InChI is InChI=1S/C31H29N3O6/c1-20(35)40-24-11-7-10-22(19-24)29(37)33-16-14-23(15-17-33)32-28(36)27(18-21-8-3-2-4-9-21)34-30(38)25-12-5-6-13-26(25)31(34)39/h2-13,19,23,27H,14-18H2,1H3,(H,32,36). The van der Waals surface area contributed by atoms with Crippen molar-refractivity contribution >= 4 is 29.6 Å². The second-order valence-corrected chi connectivity index (χ2v) is 9.93. The second-order valence-electron chi connectivity index (χ2n) is 9.93. The number of amides is 4. The van der Waals surface area contributed by atoms with E-state index in [0.717, 1.165) is 10.5 Å². The molecule has 0 spiro atoms. The van der Waals surface area contributed by atoms with E-state index in [-0.39, 0.29) is 18.4 Å². The molecule has 9 heteroatoms. The van der Waals surface area contributed by atoms with Crippen LogP contribution in [-0.4, -0.2) is 64.6 Å². The van der Waals surface area contributed by atoms with Crippen molar-refractivity contribution in [3.8, 4) is 5.75 Å². The quantitative estimate of drug-likeness (QED) is 0.280. The third kappa shape index (κ3) is 5.63. The van der Waals surface area contributed by atoms with Crippen molar-refractivity contribution < 1.29 is 28.7 Å². The maximum atomic E-state index is 13.6. The van der Waals surface area contributed by atoms with Crippen molar-refractivity contribution in [1.82, 2.24) is 15.1 Å². The summed E-state index contributed by atoms with van der Waals surface area (Å²) in [6.45, 7) is 2.13. The molecule has 2 heterocycles. The summed E-state index contributed by atoms with van der Waals surface area (Å²) in [6, 6.07) is 21.1. The van der Waals surface area contributed by atoms with Gasteiger partial charge in [-0.1, -0.05) is 48.5 Å². The van der Waals surface area contributed by atoms with Gasteiger partial charge in [-0.15, -0.1) is 0 Å². The molecule has 1 fully saturated rings. The molecular formula is C31H29N3O6. The van der Waals surface area contributed by atoms with Crippen molar-refractivity contribution in [3.05, 3.63) is 101 Å². The molecule has 0 bridgehead atoms. The number of esters is 1. The van der Waals surface area contributed by atoms with Crippen LogP contribution in [-0.2, 0) is 16.0 Å². The normalized spacial score (nSPS) is 15.9. The molecule has 0 aromatic heterocycles. The van der Waals surface area contributed by atoms with Gasteiger partial charge in [-0.05, 0) is 48.7 Å². The molecule has 2 aliphatic heterocycles. The van der Waals surface area contributed by atoms with Crippen LogP contribution in [0, 0.1) is 0 Å². The van der Waals surface area contributed by atoms with E-state index in [1.54, 1.807) is 47.4 Å². The van der Waals surface area contributed by atoms with Crippen molar-refractivity contribution in [2.45, 2.75) is 38.3 Å². The molecule has 3 aromatic rings. The zero-order valence-corrected chi connectivity index (χ0v) is 22.0.